The molecule has 0 unspecified atom stereocenters. The smallest absolute Gasteiger partial charge is 0.280 e. The highest BCUT2D eigenvalue weighted by Gasteiger charge is 2.49. The molecule has 0 aliphatic carbocycles. The first-order valence-corrected chi connectivity index (χ1v) is 10.2. The number of amides is 2. The number of ether oxygens (including phenoxy) is 1. The number of H-pyrrole nitrogens is 1. The molecule has 3 aromatic rings. The maximum Gasteiger partial charge on any atom is 0.280 e. The van der Waals surface area contributed by atoms with E-state index in [1.165, 1.54) is 6.33 Å². The Labute approximate surface area is 177 Å². The summed E-state index contributed by atoms with van der Waals surface area (Å²) >= 11 is 0. The number of hydrogen-bond donors (Lipinski definition) is 2. The number of aromatic amines is 1. The number of fused-ring (bicyclic) bond motifs is 2. The number of hydrogen-bond acceptors (Lipinski definition) is 6. The maximum absolute atomic E-state index is 13.4. The van der Waals surface area contributed by atoms with Gasteiger partial charge >= 0.3 is 0 Å². The minimum absolute atomic E-state index is 0.0365. The largest absolute Gasteiger partial charge is 0.352 e. The summed E-state index contributed by atoms with van der Waals surface area (Å²) < 4.78 is 7.52. The van der Waals surface area contributed by atoms with E-state index in [0.29, 0.717) is 13.0 Å². The van der Waals surface area contributed by atoms with Crippen LogP contribution in [0.2, 0.25) is 0 Å². The molecular formula is C21H22N6O4. The first-order chi connectivity index (χ1) is 14.9. The molecule has 3 atom stereocenters. The van der Waals surface area contributed by atoms with Crippen LogP contribution in [0.5, 0.6) is 0 Å². The topological polar surface area (TPSA) is 122 Å². The lowest BCUT2D eigenvalue weighted by molar-refractivity contribution is -0.136. The third kappa shape index (κ3) is 3.19. The number of rotatable bonds is 4. The molecule has 4 heterocycles. The summed E-state index contributed by atoms with van der Waals surface area (Å²) in [6.07, 6.45) is 1.55. The highest BCUT2D eigenvalue weighted by Crippen LogP contribution is 2.41. The number of benzene rings is 1. The number of imidazole rings is 1. The van der Waals surface area contributed by atoms with Crippen LogP contribution in [-0.4, -0.2) is 48.9 Å². The maximum atomic E-state index is 13.4. The Morgan fingerprint density at radius 1 is 1.26 bits per heavy atom. The van der Waals surface area contributed by atoms with Crippen LogP contribution in [0, 0.1) is 5.92 Å². The summed E-state index contributed by atoms with van der Waals surface area (Å²) in [7, 11) is 0. The lowest BCUT2D eigenvalue weighted by Gasteiger charge is -2.23. The molecule has 2 saturated heterocycles. The predicted octanol–water partition coefficient (Wildman–Crippen LogP) is 1.59. The summed E-state index contributed by atoms with van der Waals surface area (Å²) in [5.41, 5.74) is 0.833. The van der Waals surface area contributed by atoms with E-state index < -0.39 is 17.8 Å². The molecule has 0 bridgehead atoms. The van der Waals surface area contributed by atoms with Crippen molar-refractivity contribution in [2.75, 3.05) is 11.9 Å². The summed E-state index contributed by atoms with van der Waals surface area (Å²) in [6, 6.07) is 9.00. The van der Waals surface area contributed by atoms with Crippen molar-refractivity contribution in [2.24, 2.45) is 5.92 Å². The number of aromatic nitrogens is 4. The van der Waals surface area contributed by atoms with Crippen LogP contribution in [0.3, 0.4) is 0 Å². The number of carbonyl (C=O) groups excluding carboxylic acids is 2. The second kappa shape index (κ2) is 7.31. The van der Waals surface area contributed by atoms with Gasteiger partial charge in [-0.05, 0) is 6.42 Å². The van der Waals surface area contributed by atoms with Gasteiger partial charge < -0.3 is 14.2 Å². The fourth-order valence-electron chi connectivity index (χ4n) is 4.14. The van der Waals surface area contributed by atoms with Gasteiger partial charge in [0.25, 0.3) is 5.56 Å². The van der Waals surface area contributed by atoms with Crippen molar-refractivity contribution in [3.05, 3.63) is 52.6 Å². The van der Waals surface area contributed by atoms with Crippen LogP contribution in [0.4, 0.5) is 5.95 Å². The molecule has 5 rings (SSSR count). The fraction of sp³-hybridized carbons (Fsp3) is 0.381. The monoisotopic (exact) mass is 422 g/mol. The van der Waals surface area contributed by atoms with E-state index in [4.69, 9.17) is 4.74 Å². The van der Waals surface area contributed by atoms with E-state index >= 15 is 0 Å². The predicted molar refractivity (Wildman–Crippen MR) is 111 cm³/mol. The lowest BCUT2D eigenvalue weighted by atomic mass is 10.2. The van der Waals surface area contributed by atoms with Gasteiger partial charge in [-0.25, -0.2) is 4.98 Å². The molecular weight excluding hydrogens is 400 g/mol. The van der Waals surface area contributed by atoms with Crippen LogP contribution in [0.15, 0.2) is 41.5 Å². The van der Waals surface area contributed by atoms with Crippen molar-refractivity contribution in [3.8, 4) is 0 Å². The van der Waals surface area contributed by atoms with Crippen molar-refractivity contribution < 1.29 is 14.3 Å². The number of nitrogens with one attached hydrogen (secondary N) is 2. The molecule has 1 aromatic carbocycles. The van der Waals surface area contributed by atoms with Crippen LogP contribution in [-0.2, 0) is 14.3 Å². The van der Waals surface area contributed by atoms with Crippen molar-refractivity contribution in [3.63, 3.8) is 0 Å². The van der Waals surface area contributed by atoms with Gasteiger partial charge in [-0.1, -0.05) is 44.2 Å². The summed E-state index contributed by atoms with van der Waals surface area (Å²) in [5.74, 6) is -0.613. The molecule has 0 spiro atoms. The first-order valence-electron chi connectivity index (χ1n) is 10.2. The normalized spacial score (nSPS) is 23.0. The van der Waals surface area contributed by atoms with Crippen LogP contribution in [0.1, 0.15) is 38.1 Å². The zero-order valence-electron chi connectivity index (χ0n) is 17.1. The quantitative estimate of drug-likeness (QED) is 0.658. The van der Waals surface area contributed by atoms with E-state index in [0.717, 1.165) is 5.56 Å². The van der Waals surface area contributed by atoms with Crippen molar-refractivity contribution in [1.82, 2.24) is 24.4 Å². The average molecular weight is 422 g/mol. The van der Waals surface area contributed by atoms with Gasteiger partial charge in [0.05, 0.1) is 19.0 Å². The minimum atomic E-state index is -0.548. The van der Waals surface area contributed by atoms with Gasteiger partial charge in [-0.3, -0.25) is 24.7 Å². The Kier molecular flexibility index (Phi) is 4.58. The molecule has 2 aliphatic rings. The summed E-state index contributed by atoms with van der Waals surface area (Å²) in [4.78, 5) is 50.7. The van der Waals surface area contributed by atoms with Crippen molar-refractivity contribution >= 4 is 28.9 Å². The van der Waals surface area contributed by atoms with Gasteiger partial charge in [0.15, 0.2) is 17.4 Å². The van der Waals surface area contributed by atoms with Gasteiger partial charge in [0.2, 0.25) is 17.8 Å². The molecule has 0 radical (unpaired) electrons. The van der Waals surface area contributed by atoms with E-state index in [2.05, 4.69) is 20.3 Å². The first kappa shape index (κ1) is 19.4. The molecule has 160 valence electrons. The fourth-order valence-corrected chi connectivity index (χ4v) is 4.14. The van der Waals surface area contributed by atoms with Crippen LogP contribution in [0.25, 0.3) is 11.2 Å². The third-order valence-electron chi connectivity index (χ3n) is 5.75. The van der Waals surface area contributed by atoms with Crippen molar-refractivity contribution in [1.29, 1.82) is 0 Å². The van der Waals surface area contributed by atoms with Gasteiger partial charge in [0, 0.05) is 11.5 Å². The van der Waals surface area contributed by atoms with E-state index in [1.54, 1.807) is 23.3 Å². The molecule has 31 heavy (non-hydrogen) atoms. The average Bonchev–Trinajstić information content (AvgIpc) is 3.43. The Hall–Kier alpha value is -3.53. The molecule has 2 amide bonds. The molecule has 2 aromatic heterocycles. The SMILES string of the molecule is CC(C)C(=O)Nc1nc2c(ncn2[C@H]2C[C@H]3CO[C@H](c4ccccc4)N3C2=O)c(=O)[nH]1. The van der Waals surface area contributed by atoms with Crippen LogP contribution >= 0.6 is 0 Å². The lowest BCUT2D eigenvalue weighted by Crippen LogP contribution is -2.32. The molecule has 10 heteroatoms. The van der Waals surface area contributed by atoms with E-state index in [1.807, 2.05) is 30.3 Å². The van der Waals surface area contributed by atoms with Crippen LogP contribution < -0.4 is 10.9 Å². The van der Waals surface area contributed by atoms with Gasteiger partial charge in [-0.2, -0.15) is 4.98 Å². The molecule has 0 saturated carbocycles. The highest BCUT2D eigenvalue weighted by molar-refractivity contribution is 5.91. The number of carbonyl (C=O) groups is 2. The Morgan fingerprint density at radius 2 is 2.03 bits per heavy atom. The molecule has 2 aliphatic heterocycles. The standard InChI is InChI=1S/C21H22N6O4/c1-11(2)17(28)24-21-23-16-15(18(29)25-21)22-10-26(16)14-8-13-9-31-20(27(13)19(14)30)12-6-4-3-5-7-12/h3-7,10-11,13-14,20H,8-9H2,1-2H3,(H2,23,24,25,28,29)/t13-,14-,20+/m0/s1. The Morgan fingerprint density at radius 3 is 2.77 bits per heavy atom. The minimum Gasteiger partial charge on any atom is -0.352 e. The van der Waals surface area contributed by atoms with Gasteiger partial charge in [-0.15, -0.1) is 0 Å². The number of anilines is 1. The zero-order valence-corrected chi connectivity index (χ0v) is 17.1. The molecule has 2 fully saturated rings. The molecule has 2 N–H and O–H groups in total. The van der Waals surface area contributed by atoms with Gasteiger partial charge in [0.1, 0.15) is 6.04 Å². The third-order valence-corrected chi connectivity index (χ3v) is 5.75. The highest BCUT2D eigenvalue weighted by atomic mass is 16.5. The summed E-state index contributed by atoms with van der Waals surface area (Å²) in [6.45, 7) is 3.93. The Bertz CT molecular complexity index is 1220. The zero-order chi connectivity index (χ0) is 21.7. The Balaban J connectivity index is 1.49. The number of nitrogens with zero attached hydrogens (tertiary/aromatic N) is 4. The summed E-state index contributed by atoms with van der Waals surface area (Å²) in [5, 5.41) is 2.60. The second-order valence-electron chi connectivity index (χ2n) is 8.13. The van der Waals surface area contributed by atoms with E-state index in [9.17, 15) is 14.4 Å². The van der Waals surface area contributed by atoms with Crippen molar-refractivity contribution in [2.45, 2.75) is 38.6 Å². The van der Waals surface area contributed by atoms with E-state index in [-0.39, 0.29) is 40.9 Å². The molecule has 10 nitrogen and oxygen atoms in total. The second-order valence-corrected chi connectivity index (χ2v) is 8.13.